The van der Waals surface area contributed by atoms with Gasteiger partial charge in [-0.25, -0.2) is 4.39 Å². The van der Waals surface area contributed by atoms with Crippen molar-refractivity contribution in [3.63, 3.8) is 0 Å². The number of likely N-dealkylation sites (N-methyl/N-ethyl adjacent to an activating group) is 1. The van der Waals surface area contributed by atoms with Crippen molar-refractivity contribution >= 4 is 23.3 Å². The molecule has 2 fully saturated rings. The van der Waals surface area contributed by atoms with Gasteiger partial charge >= 0.3 is 6.01 Å². The minimum absolute atomic E-state index is 0.0979. The zero-order chi connectivity index (χ0) is 29.8. The van der Waals surface area contributed by atoms with Gasteiger partial charge in [-0.2, -0.15) is 15.2 Å². The molecule has 0 N–H and O–H groups in total. The number of piperazine rings is 1. The summed E-state index contributed by atoms with van der Waals surface area (Å²) in [5.74, 6) is -0.321. The highest BCUT2D eigenvalue weighted by Gasteiger charge is 2.36. The number of fused-ring (bicyclic) bond motifs is 1. The third-order valence-corrected chi connectivity index (χ3v) is 9.69. The summed E-state index contributed by atoms with van der Waals surface area (Å²) >= 11 is 6.45. The number of nitrogens with zero attached hydrogens (tertiary/aromatic N) is 6. The van der Waals surface area contributed by atoms with E-state index >= 15 is 0 Å². The van der Waals surface area contributed by atoms with Crippen molar-refractivity contribution < 1.29 is 13.9 Å². The highest BCUT2D eigenvalue weighted by molar-refractivity contribution is 6.31. The molecule has 2 aliphatic heterocycles. The van der Waals surface area contributed by atoms with Crippen LogP contribution in [0, 0.1) is 17.2 Å². The maximum atomic E-state index is 13.8. The van der Waals surface area contributed by atoms with Crippen LogP contribution in [-0.4, -0.2) is 77.6 Å². The van der Waals surface area contributed by atoms with Gasteiger partial charge in [0, 0.05) is 42.2 Å². The van der Waals surface area contributed by atoms with Crippen LogP contribution in [0.3, 0.4) is 0 Å². The Morgan fingerprint density at radius 1 is 1.21 bits per heavy atom. The van der Waals surface area contributed by atoms with Crippen molar-refractivity contribution in [1.82, 2.24) is 19.8 Å². The topological polar surface area (TPSA) is 85.6 Å². The van der Waals surface area contributed by atoms with Crippen LogP contribution >= 0.6 is 11.6 Å². The van der Waals surface area contributed by atoms with E-state index in [0.717, 1.165) is 72.7 Å². The lowest BCUT2D eigenvalue weighted by Gasteiger charge is -2.42. The Balaban J connectivity index is 1.41. The SMILES string of the molecule is C=C(F)C(=O)N1CCN(c2nc(OCC3CCCN3C)nc3c2CCC(CCc2ccccc2Cl)[C@H]3C)CC1CC#N. The molecule has 0 spiro atoms. The lowest BCUT2D eigenvalue weighted by atomic mass is 9.76. The van der Waals surface area contributed by atoms with E-state index < -0.39 is 17.8 Å². The molecule has 1 amide bonds. The molecule has 10 heteroatoms. The molecule has 2 aromatic rings. The fraction of sp³-hybridized carbons (Fsp3) is 0.562. The molecule has 8 nitrogen and oxygen atoms in total. The van der Waals surface area contributed by atoms with Crippen molar-refractivity contribution in [2.75, 3.05) is 44.7 Å². The van der Waals surface area contributed by atoms with Gasteiger partial charge in [0.05, 0.1) is 24.2 Å². The van der Waals surface area contributed by atoms with E-state index in [4.69, 9.17) is 26.3 Å². The molecule has 0 bridgehead atoms. The number of amides is 1. The first kappa shape index (κ1) is 30.2. The molecule has 42 heavy (non-hydrogen) atoms. The normalized spacial score (nSPS) is 24.3. The van der Waals surface area contributed by atoms with Crippen LogP contribution in [0.2, 0.25) is 5.02 Å². The van der Waals surface area contributed by atoms with Crippen LogP contribution in [0.25, 0.3) is 0 Å². The highest BCUT2D eigenvalue weighted by Crippen LogP contribution is 2.42. The van der Waals surface area contributed by atoms with E-state index in [1.54, 1.807) is 0 Å². The van der Waals surface area contributed by atoms with Gasteiger partial charge in [-0.05, 0) is 69.7 Å². The molecular weight excluding hydrogens is 555 g/mol. The van der Waals surface area contributed by atoms with Gasteiger partial charge in [0.1, 0.15) is 12.4 Å². The number of hydrogen-bond donors (Lipinski definition) is 0. The number of ether oxygens (including phenoxy) is 1. The quantitative estimate of drug-likeness (QED) is 0.363. The van der Waals surface area contributed by atoms with E-state index in [1.165, 1.54) is 4.90 Å². The van der Waals surface area contributed by atoms with Gasteiger partial charge in [-0.15, -0.1) is 0 Å². The molecule has 3 unspecified atom stereocenters. The van der Waals surface area contributed by atoms with E-state index in [9.17, 15) is 14.4 Å². The number of aromatic nitrogens is 2. The largest absolute Gasteiger partial charge is 0.462 e. The van der Waals surface area contributed by atoms with Crippen molar-refractivity contribution in [3.05, 3.63) is 58.5 Å². The van der Waals surface area contributed by atoms with E-state index in [1.807, 2.05) is 18.2 Å². The third-order valence-electron chi connectivity index (χ3n) is 9.32. The molecule has 0 radical (unpaired) electrons. The lowest BCUT2D eigenvalue weighted by molar-refractivity contribution is -0.131. The van der Waals surface area contributed by atoms with Crippen molar-refractivity contribution in [2.24, 2.45) is 5.92 Å². The Morgan fingerprint density at radius 2 is 2.02 bits per heavy atom. The number of hydrogen-bond acceptors (Lipinski definition) is 7. The monoisotopic (exact) mass is 594 g/mol. The number of carbonyl (C=O) groups is 1. The summed E-state index contributed by atoms with van der Waals surface area (Å²) in [6.45, 7) is 8.14. The zero-order valence-corrected chi connectivity index (χ0v) is 25.3. The molecule has 2 saturated heterocycles. The van der Waals surface area contributed by atoms with E-state index in [-0.39, 0.29) is 18.9 Å². The standard InChI is InChI=1S/C32H40ClFN6O2/c1-21-23(10-11-24-7-4-5-9-28(24)33)12-13-27-29(21)36-32(42-20-26-8-6-16-38(26)3)37-30(27)39-17-18-40(31(41)22(2)34)25(19-39)14-15-35/h4-5,7,9,21,23,25-26H,2,6,8,10-14,16-20H2,1,3H3/t21-,23?,25?,26?/m1/s1. The van der Waals surface area contributed by atoms with E-state index in [0.29, 0.717) is 37.7 Å². The number of carbonyl (C=O) groups excluding carboxylic acids is 1. The minimum Gasteiger partial charge on any atom is -0.462 e. The number of aryl methyl sites for hydroxylation is 1. The number of likely N-dealkylation sites (tertiary alicyclic amines) is 1. The minimum atomic E-state index is -1.00. The summed E-state index contributed by atoms with van der Waals surface area (Å²) in [6.07, 6.45) is 6.08. The fourth-order valence-corrected chi connectivity index (χ4v) is 6.99. The predicted octanol–water partition coefficient (Wildman–Crippen LogP) is 5.32. The van der Waals surface area contributed by atoms with Gasteiger partial charge in [0.2, 0.25) is 0 Å². The number of halogens is 2. The summed E-state index contributed by atoms with van der Waals surface area (Å²) in [7, 11) is 2.12. The summed E-state index contributed by atoms with van der Waals surface area (Å²) < 4.78 is 20.0. The molecule has 1 aliphatic carbocycles. The fourth-order valence-electron chi connectivity index (χ4n) is 6.76. The van der Waals surface area contributed by atoms with Crippen LogP contribution in [0.1, 0.15) is 61.8 Å². The molecule has 1 aromatic heterocycles. The lowest BCUT2D eigenvalue weighted by Crippen LogP contribution is -2.55. The molecule has 1 aromatic carbocycles. The van der Waals surface area contributed by atoms with E-state index in [2.05, 4.69) is 42.5 Å². The Labute approximate surface area is 253 Å². The van der Waals surface area contributed by atoms with Gasteiger partial charge in [0.25, 0.3) is 5.91 Å². The highest BCUT2D eigenvalue weighted by atomic mass is 35.5. The molecule has 224 valence electrons. The van der Waals surface area contributed by atoms with Crippen molar-refractivity contribution in [3.8, 4) is 12.1 Å². The smallest absolute Gasteiger partial charge is 0.318 e. The molecule has 4 atom stereocenters. The summed E-state index contributed by atoms with van der Waals surface area (Å²) in [5.41, 5.74) is 3.28. The Bertz CT molecular complexity index is 1350. The number of anilines is 1. The van der Waals surface area contributed by atoms with Crippen LogP contribution in [0.5, 0.6) is 6.01 Å². The van der Waals surface area contributed by atoms with Crippen LogP contribution < -0.4 is 9.64 Å². The van der Waals surface area contributed by atoms with Crippen LogP contribution in [0.15, 0.2) is 36.7 Å². The Kier molecular flexibility index (Phi) is 9.64. The molecular formula is C32H40ClFN6O2. The first-order chi connectivity index (χ1) is 20.3. The second kappa shape index (κ2) is 13.4. The van der Waals surface area contributed by atoms with Crippen LogP contribution in [-0.2, 0) is 17.6 Å². The maximum Gasteiger partial charge on any atom is 0.318 e. The third kappa shape index (κ3) is 6.55. The average molecular weight is 595 g/mol. The van der Waals surface area contributed by atoms with Gasteiger partial charge in [0.15, 0.2) is 5.83 Å². The van der Waals surface area contributed by atoms with Crippen molar-refractivity contribution in [1.29, 1.82) is 5.26 Å². The van der Waals surface area contributed by atoms with Gasteiger partial charge in [-0.3, -0.25) is 4.79 Å². The zero-order valence-electron chi connectivity index (χ0n) is 24.6. The Hall–Kier alpha value is -3.22. The Morgan fingerprint density at radius 3 is 2.74 bits per heavy atom. The second-order valence-electron chi connectivity index (χ2n) is 11.9. The van der Waals surface area contributed by atoms with Crippen molar-refractivity contribution in [2.45, 2.75) is 69.9 Å². The molecule has 3 heterocycles. The summed E-state index contributed by atoms with van der Waals surface area (Å²) in [4.78, 5) is 28.3. The molecule has 3 aliphatic rings. The number of rotatable bonds is 9. The predicted molar refractivity (Wildman–Crippen MR) is 161 cm³/mol. The molecule has 5 rings (SSSR count). The molecule has 0 saturated carbocycles. The number of nitriles is 1. The first-order valence-electron chi connectivity index (χ1n) is 15.0. The van der Waals surface area contributed by atoms with Gasteiger partial charge in [-0.1, -0.05) is 43.3 Å². The summed E-state index contributed by atoms with van der Waals surface area (Å²) in [6, 6.07) is 10.4. The maximum absolute atomic E-state index is 13.8. The number of benzene rings is 1. The van der Waals surface area contributed by atoms with Crippen LogP contribution in [0.4, 0.5) is 10.2 Å². The first-order valence-corrected chi connectivity index (χ1v) is 15.4. The van der Waals surface area contributed by atoms with Gasteiger partial charge < -0.3 is 19.4 Å². The second-order valence-corrected chi connectivity index (χ2v) is 12.3. The summed E-state index contributed by atoms with van der Waals surface area (Å²) in [5, 5.41) is 10.3. The average Bonchev–Trinajstić information content (AvgIpc) is 3.40.